The fourth-order valence-electron chi connectivity index (χ4n) is 5.00. The van der Waals surface area contributed by atoms with Crippen molar-refractivity contribution in [1.82, 2.24) is 24.2 Å². The molecule has 2 aromatic rings. The minimum absolute atomic E-state index is 0. The van der Waals surface area contributed by atoms with E-state index < -0.39 is 49.5 Å². The van der Waals surface area contributed by atoms with Gasteiger partial charge in [-0.15, -0.1) is 17.5 Å². The van der Waals surface area contributed by atoms with Gasteiger partial charge in [0.2, 0.25) is 10.9 Å². The third-order valence-corrected chi connectivity index (χ3v) is 9.19. The first-order valence-electron chi connectivity index (χ1n) is 11.5. The molecule has 1 aromatic heterocycles. The molecule has 0 unspecified atom stereocenters. The first-order valence-corrected chi connectivity index (χ1v) is 13.3. The number of aryl methyl sites for hydroxylation is 1. The van der Waals surface area contributed by atoms with Crippen LogP contribution in [0.5, 0.6) is 0 Å². The maximum atomic E-state index is 14.2. The number of rotatable bonds is 7. The number of carbonyl (C=O) groups excluding carboxylic acids is 1. The van der Waals surface area contributed by atoms with E-state index in [9.17, 15) is 30.8 Å². The molecule has 0 amide bonds. The van der Waals surface area contributed by atoms with Crippen LogP contribution in [0.3, 0.4) is 0 Å². The van der Waals surface area contributed by atoms with Crippen LogP contribution in [0.2, 0.25) is 5.02 Å². The number of piperazine rings is 1. The smallest absolute Gasteiger partial charge is 0.264 e. The molecular weight excluding hydrogens is 561 g/mol. The van der Waals surface area contributed by atoms with Crippen molar-refractivity contribution in [3.05, 3.63) is 40.6 Å². The summed E-state index contributed by atoms with van der Waals surface area (Å²) in [7, 11) is -2.30. The number of halogens is 6. The van der Waals surface area contributed by atoms with Crippen LogP contribution in [0.4, 0.5) is 17.6 Å². The number of hydrogen-bond donors (Lipinski definition) is 0. The highest BCUT2D eigenvalue weighted by molar-refractivity contribution is 7.89. The Morgan fingerprint density at radius 3 is 2.24 bits per heavy atom. The summed E-state index contributed by atoms with van der Waals surface area (Å²) < 4.78 is 84.4. The Balaban J connectivity index is 0.00000380. The zero-order chi connectivity index (χ0) is 26.3. The lowest BCUT2D eigenvalue weighted by atomic mass is 9.74. The molecule has 2 heterocycles. The van der Waals surface area contributed by atoms with Crippen LogP contribution in [0, 0.1) is 11.6 Å². The number of alkyl halides is 2. The highest BCUT2D eigenvalue weighted by Crippen LogP contribution is 2.44. The topological polar surface area (TPSA) is 88.4 Å². The Morgan fingerprint density at radius 1 is 1.05 bits per heavy atom. The van der Waals surface area contributed by atoms with Crippen LogP contribution >= 0.6 is 24.0 Å². The van der Waals surface area contributed by atoms with E-state index in [1.807, 2.05) is 4.90 Å². The molecule has 0 spiro atoms. The minimum atomic E-state index is -3.86. The summed E-state index contributed by atoms with van der Waals surface area (Å²) >= 11 is 5.56. The standard InChI is InChI=1S/C22H26ClF4N5O3S.ClH/c1-30-14-20(28-29-30)36(34,35)32-10-8-31(9-11-32)21(4-6-22(26,27)7-5-21)3-2-19(33)15-12-18(25)16(23)13-17(15)24;/h12-14H,2-11H2,1H3;1H. The summed E-state index contributed by atoms with van der Waals surface area (Å²) in [4.78, 5) is 14.7. The van der Waals surface area contributed by atoms with E-state index in [1.165, 1.54) is 15.2 Å². The van der Waals surface area contributed by atoms with Gasteiger partial charge in [-0.2, -0.15) is 4.31 Å². The molecule has 0 atom stereocenters. The summed E-state index contributed by atoms with van der Waals surface area (Å²) in [5, 5.41) is 6.73. The van der Waals surface area contributed by atoms with Crippen LogP contribution in [0.25, 0.3) is 0 Å². The number of Topliss-reactive ketones (excluding diaryl/α,β-unsaturated/α-hetero) is 1. The predicted octanol–water partition coefficient (Wildman–Crippen LogP) is 4.09. The lowest BCUT2D eigenvalue weighted by Gasteiger charge is -2.50. The SMILES string of the molecule is Cl.Cn1cc(S(=O)(=O)N2CCN(C3(CCC(=O)c4cc(F)c(Cl)cc4F)CCC(F)(F)CC3)CC2)nn1. The summed E-state index contributed by atoms with van der Waals surface area (Å²) in [6.07, 6.45) is 0.733. The molecule has 0 N–H and O–H groups in total. The predicted molar refractivity (Wildman–Crippen MR) is 130 cm³/mol. The average Bonchev–Trinajstić information content (AvgIpc) is 3.28. The molecular formula is C22H27Cl2F4N5O3S. The first-order chi connectivity index (χ1) is 16.8. The quantitative estimate of drug-likeness (QED) is 0.275. The zero-order valence-corrected chi connectivity index (χ0v) is 22.4. The van der Waals surface area contributed by atoms with Gasteiger partial charge >= 0.3 is 0 Å². The van der Waals surface area contributed by atoms with Gasteiger partial charge in [-0.3, -0.25) is 14.4 Å². The fraction of sp³-hybridized carbons (Fsp3) is 0.591. The van der Waals surface area contributed by atoms with E-state index in [1.54, 1.807) is 7.05 Å². The van der Waals surface area contributed by atoms with Crippen molar-refractivity contribution in [3.8, 4) is 0 Å². The maximum absolute atomic E-state index is 14.2. The van der Waals surface area contributed by atoms with Crippen molar-refractivity contribution in [3.63, 3.8) is 0 Å². The van der Waals surface area contributed by atoms with Crippen molar-refractivity contribution < 1.29 is 30.8 Å². The van der Waals surface area contributed by atoms with E-state index in [0.717, 1.165) is 12.1 Å². The number of sulfonamides is 1. The van der Waals surface area contributed by atoms with Gasteiger partial charge in [0, 0.05) is 58.0 Å². The van der Waals surface area contributed by atoms with Crippen molar-refractivity contribution in [2.75, 3.05) is 26.2 Å². The number of hydrogen-bond acceptors (Lipinski definition) is 6. The molecule has 1 aliphatic heterocycles. The number of aromatic nitrogens is 3. The number of carbonyl (C=O) groups is 1. The summed E-state index contributed by atoms with van der Waals surface area (Å²) in [5.74, 6) is -5.34. The Kier molecular flexibility index (Phi) is 8.95. The van der Waals surface area contributed by atoms with Crippen molar-refractivity contribution in [2.45, 2.75) is 55.0 Å². The Morgan fingerprint density at radius 2 is 1.68 bits per heavy atom. The summed E-state index contributed by atoms with van der Waals surface area (Å²) in [6.45, 7) is 0.760. The lowest BCUT2D eigenvalue weighted by molar-refractivity contribution is -0.0891. The normalized spacial score (nSPS) is 20.4. The average molecular weight is 588 g/mol. The van der Waals surface area contributed by atoms with Gasteiger partial charge in [0.05, 0.1) is 16.8 Å². The molecule has 1 aliphatic carbocycles. The maximum Gasteiger partial charge on any atom is 0.264 e. The number of ketones is 1. The van der Waals surface area contributed by atoms with Crippen LogP contribution in [-0.4, -0.2) is 76.0 Å². The molecule has 2 aliphatic rings. The molecule has 37 heavy (non-hydrogen) atoms. The van der Waals surface area contributed by atoms with Crippen LogP contribution in [0.15, 0.2) is 23.4 Å². The lowest BCUT2D eigenvalue weighted by Crippen LogP contribution is -2.59. The van der Waals surface area contributed by atoms with E-state index in [0.29, 0.717) is 0 Å². The van der Waals surface area contributed by atoms with E-state index in [4.69, 9.17) is 11.6 Å². The molecule has 8 nitrogen and oxygen atoms in total. The van der Waals surface area contributed by atoms with Crippen LogP contribution in [0.1, 0.15) is 48.9 Å². The molecule has 1 saturated carbocycles. The fourth-order valence-corrected chi connectivity index (χ4v) is 6.49. The van der Waals surface area contributed by atoms with E-state index in [-0.39, 0.29) is 82.1 Å². The molecule has 15 heteroatoms. The van der Waals surface area contributed by atoms with Gasteiger partial charge in [-0.05, 0) is 31.4 Å². The monoisotopic (exact) mass is 587 g/mol. The van der Waals surface area contributed by atoms with E-state index >= 15 is 0 Å². The molecule has 0 bridgehead atoms. The second-order valence-electron chi connectivity index (χ2n) is 9.37. The van der Waals surface area contributed by atoms with Gasteiger partial charge < -0.3 is 0 Å². The molecule has 0 radical (unpaired) electrons. The number of benzene rings is 1. The van der Waals surface area contributed by atoms with Gasteiger partial charge in [0.15, 0.2) is 5.78 Å². The Bertz CT molecular complexity index is 1240. The first kappa shape index (κ1) is 29.8. The minimum Gasteiger partial charge on any atom is -0.295 e. The van der Waals surface area contributed by atoms with Gasteiger partial charge in [0.1, 0.15) is 11.6 Å². The number of nitrogens with zero attached hydrogens (tertiary/aromatic N) is 5. The van der Waals surface area contributed by atoms with Gasteiger partial charge in [-0.25, -0.2) is 26.0 Å². The Hall–Kier alpha value is -1.80. The second kappa shape index (κ2) is 11.1. The Labute approximate surface area is 223 Å². The van der Waals surface area contributed by atoms with E-state index in [2.05, 4.69) is 10.3 Å². The van der Waals surface area contributed by atoms with Gasteiger partial charge in [0.25, 0.3) is 10.0 Å². The zero-order valence-electron chi connectivity index (χ0n) is 20.0. The highest BCUT2D eigenvalue weighted by Gasteiger charge is 2.47. The third-order valence-electron chi connectivity index (χ3n) is 7.14. The summed E-state index contributed by atoms with van der Waals surface area (Å²) in [5.41, 5.74) is -1.23. The van der Waals surface area contributed by atoms with Crippen molar-refractivity contribution in [1.29, 1.82) is 0 Å². The molecule has 206 valence electrons. The van der Waals surface area contributed by atoms with Crippen LogP contribution in [-0.2, 0) is 17.1 Å². The molecule has 4 rings (SSSR count). The van der Waals surface area contributed by atoms with Gasteiger partial charge in [-0.1, -0.05) is 16.8 Å². The summed E-state index contributed by atoms with van der Waals surface area (Å²) in [6, 6.07) is 1.48. The second-order valence-corrected chi connectivity index (χ2v) is 11.7. The largest absolute Gasteiger partial charge is 0.295 e. The molecule has 1 aromatic carbocycles. The van der Waals surface area contributed by atoms with Crippen molar-refractivity contribution >= 4 is 39.8 Å². The molecule has 2 fully saturated rings. The van der Waals surface area contributed by atoms with Crippen molar-refractivity contribution in [2.24, 2.45) is 7.05 Å². The third kappa shape index (κ3) is 6.27. The molecule has 1 saturated heterocycles. The van der Waals surface area contributed by atoms with Crippen LogP contribution < -0.4 is 0 Å². The highest BCUT2D eigenvalue weighted by atomic mass is 35.5.